The minimum atomic E-state index is 0.371. The molecule has 13 heteroatoms. The number of hydrogen-bond acceptors (Lipinski definition) is 11. The number of morpholine rings is 1. The molecular formula is C25H40N10O3. The van der Waals surface area contributed by atoms with Gasteiger partial charge in [-0.25, -0.2) is 4.98 Å². The van der Waals surface area contributed by atoms with Crippen LogP contribution in [0.2, 0.25) is 0 Å². The smallest absolute Gasteiger partial charge is 0.225 e. The van der Waals surface area contributed by atoms with E-state index in [4.69, 9.17) is 24.9 Å². The number of fused-ring (bicyclic) bond motifs is 1. The molecule has 2 fully saturated rings. The van der Waals surface area contributed by atoms with Gasteiger partial charge in [-0.05, 0) is 25.7 Å². The second-order valence-electron chi connectivity index (χ2n) is 9.79. The number of nitrogens with zero attached hydrogens (tertiary/aromatic N) is 5. The lowest BCUT2D eigenvalue weighted by atomic mass is 9.90. The molecule has 1 saturated carbocycles. The molecule has 1 saturated heterocycles. The SMILES string of the molecule is NCCOCCOCCc1n[nH]cc1CNc1nc(NC2CCC(N3CCOCC3)CC2)c2n[nH]cc2n1. The fourth-order valence-electron chi connectivity index (χ4n) is 5.20. The molecule has 0 unspecified atom stereocenters. The summed E-state index contributed by atoms with van der Waals surface area (Å²) in [5.74, 6) is 1.33. The number of nitrogens with two attached hydrogens (primary N) is 1. The van der Waals surface area contributed by atoms with Crippen molar-refractivity contribution >= 4 is 22.8 Å². The van der Waals surface area contributed by atoms with Gasteiger partial charge in [0.1, 0.15) is 5.52 Å². The lowest BCUT2D eigenvalue weighted by molar-refractivity contribution is 0.00791. The Bertz CT molecular complexity index is 1110. The summed E-state index contributed by atoms with van der Waals surface area (Å²) in [7, 11) is 0. The maximum Gasteiger partial charge on any atom is 0.225 e. The van der Waals surface area contributed by atoms with Gasteiger partial charge in [0, 0.05) is 62.6 Å². The van der Waals surface area contributed by atoms with Crippen LogP contribution in [0.5, 0.6) is 0 Å². The number of aromatic nitrogens is 6. The molecule has 0 aromatic carbocycles. The van der Waals surface area contributed by atoms with Crippen LogP contribution in [0.15, 0.2) is 12.4 Å². The average Bonchev–Trinajstić information content (AvgIpc) is 3.62. The maximum atomic E-state index is 5.65. The quantitative estimate of drug-likeness (QED) is 0.191. The molecule has 3 aromatic heterocycles. The van der Waals surface area contributed by atoms with Crippen LogP contribution in [0.4, 0.5) is 11.8 Å². The molecule has 5 rings (SSSR count). The Hall–Kier alpha value is -2.84. The summed E-state index contributed by atoms with van der Waals surface area (Å²) in [5.41, 5.74) is 8.98. The molecule has 3 aromatic rings. The Kier molecular flexibility index (Phi) is 9.72. The van der Waals surface area contributed by atoms with Crippen LogP contribution in [0.1, 0.15) is 36.9 Å². The lowest BCUT2D eigenvalue weighted by Crippen LogP contribution is -2.46. The minimum Gasteiger partial charge on any atom is -0.379 e. The summed E-state index contributed by atoms with van der Waals surface area (Å²) in [6.07, 6.45) is 9.01. The second-order valence-corrected chi connectivity index (χ2v) is 9.79. The van der Waals surface area contributed by atoms with Crippen molar-refractivity contribution in [3.8, 4) is 0 Å². The van der Waals surface area contributed by atoms with Crippen molar-refractivity contribution in [3.63, 3.8) is 0 Å². The van der Waals surface area contributed by atoms with E-state index in [-0.39, 0.29) is 0 Å². The lowest BCUT2D eigenvalue weighted by Gasteiger charge is -2.39. The van der Waals surface area contributed by atoms with E-state index in [1.54, 1.807) is 6.20 Å². The van der Waals surface area contributed by atoms with Gasteiger partial charge in [0.2, 0.25) is 5.95 Å². The average molecular weight is 529 g/mol. The van der Waals surface area contributed by atoms with Crippen LogP contribution >= 0.6 is 0 Å². The van der Waals surface area contributed by atoms with Gasteiger partial charge >= 0.3 is 0 Å². The van der Waals surface area contributed by atoms with Gasteiger partial charge in [-0.1, -0.05) is 0 Å². The zero-order chi connectivity index (χ0) is 26.0. The summed E-state index contributed by atoms with van der Waals surface area (Å²) in [5, 5.41) is 21.7. The van der Waals surface area contributed by atoms with Crippen LogP contribution < -0.4 is 16.4 Å². The van der Waals surface area contributed by atoms with E-state index in [1.165, 1.54) is 12.8 Å². The Morgan fingerprint density at radius 3 is 2.58 bits per heavy atom. The van der Waals surface area contributed by atoms with Gasteiger partial charge in [0.05, 0.1) is 45.3 Å². The van der Waals surface area contributed by atoms with E-state index in [9.17, 15) is 0 Å². The number of ether oxygens (including phenoxy) is 3. The van der Waals surface area contributed by atoms with Gasteiger partial charge in [0.15, 0.2) is 11.3 Å². The molecule has 6 N–H and O–H groups in total. The molecule has 0 radical (unpaired) electrons. The highest BCUT2D eigenvalue weighted by molar-refractivity contribution is 5.85. The first-order valence-electron chi connectivity index (χ1n) is 13.7. The third kappa shape index (κ3) is 7.17. The first-order chi connectivity index (χ1) is 18.8. The van der Waals surface area contributed by atoms with Crippen molar-refractivity contribution in [2.45, 2.75) is 50.7 Å². The van der Waals surface area contributed by atoms with Crippen LogP contribution in [-0.2, 0) is 27.2 Å². The molecule has 0 spiro atoms. The minimum absolute atomic E-state index is 0.371. The van der Waals surface area contributed by atoms with E-state index >= 15 is 0 Å². The molecule has 0 atom stereocenters. The highest BCUT2D eigenvalue weighted by atomic mass is 16.5. The zero-order valence-electron chi connectivity index (χ0n) is 22.0. The van der Waals surface area contributed by atoms with Crippen LogP contribution in [0, 0.1) is 0 Å². The number of anilines is 2. The monoisotopic (exact) mass is 528 g/mol. The Labute approximate surface area is 222 Å². The topological polar surface area (TPSA) is 164 Å². The van der Waals surface area contributed by atoms with Crippen molar-refractivity contribution < 1.29 is 14.2 Å². The van der Waals surface area contributed by atoms with E-state index in [0.717, 1.165) is 67.3 Å². The fourth-order valence-corrected chi connectivity index (χ4v) is 5.20. The summed E-state index contributed by atoms with van der Waals surface area (Å²) in [6, 6.07) is 1.03. The molecule has 4 heterocycles. The van der Waals surface area contributed by atoms with Crippen LogP contribution in [0.25, 0.3) is 11.0 Å². The van der Waals surface area contributed by atoms with Crippen LogP contribution in [0.3, 0.4) is 0 Å². The molecular weight excluding hydrogens is 488 g/mol. The van der Waals surface area contributed by atoms with E-state index in [1.807, 2.05) is 6.20 Å². The Morgan fingerprint density at radius 2 is 1.76 bits per heavy atom. The van der Waals surface area contributed by atoms with Crippen LogP contribution in [-0.4, -0.2) is 107 Å². The van der Waals surface area contributed by atoms with E-state index in [2.05, 4.69) is 40.9 Å². The number of aromatic amines is 2. The highest BCUT2D eigenvalue weighted by Gasteiger charge is 2.27. The zero-order valence-corrected chi connectivity index (χ0v) is 22.0. The molecule has 208 valence electrons. The fraction of sp³-hybridized carbons (Fsp3) is 0.680. The molecule has 1 aliphatic carbocycles. The van der Waals surface area contributed by atoms with Gasteiger partial charge < -0.3 is 30.6 Å². The first-order valence-corrected chi connectivity index (χ1v) is 13.7. The number of H-pyrrole nitrogens is 2. The van der Waals surface area contributed by atoms with Gasteiger partial charge in [-0.2, -0.15) is 15.2 Å². The maximum absolute atomic E-state index is 5.65. The predicted molar refractivity (Wildman–Crippen MR) is 144 cm³/mol. The van der Waals surface area contributed by atoms with E-state index < -0.39 is 0 Å². The molecule has 0 amide bonds. The predicted octanol–water partition coefficient (Wildman–Crippen LogP) is 1.28. The third-order valence-electron chi connectivity index (χ3n) is 7.25. The molecule has 38 heavy (non-hydrogen) atoms. The largest absolute Gasteiger partial charge is 0.379 e. The highest BCUT2D eigenvalue weighted by Crippen LogP contribution is 2.28. The summed E-state index contributed by atoms with van der Waals surface area (Å²) in [6.45, 7) is 7.10. The molecule has 13 nitrogen and oxygen atoms in total. The third-order valence-corrected chi connectivity index (χ3v) is 7.25. The Morgan fingerprint density at radius 1 is 0.974 bits per heavy atom. The van der Waals surface area contributed by atoms with Crippen molar-refractivity contribution in [2.75, 3.05) is 69.9 Å². The summed E-state index contributed by atoms with van der Waals surface area (Å²) in [4.78, 5) is 12.0. The Balaban J connectivity index is 1.13. The van der Waals surface area contributed by atoms with Crippen molar-refractivity contribution in [1.29, 1.82) is 0 Å². The molecule has 1 aliphatic heterocycles. The van der Waals surface area contributed by atoms with E-state index in [0.29, 0.717) is 64.0 Å². The summed E-state index contributed by atoms with van der Waals surface area (Å²) >= 11 is 0. The van der Waals surface area contributed by atoms with Gasteiger partial charge in [0.25, 0.3) is 0 Å². The van der Waals surface area contributed by atoms with Gasteiger partial charge in [-0.3, -0.25) is 15.1 Å². The van der Waals surface area contributed by atoms with Crippen molar-refractivity contribution in [1.82, 2.24) is 35.3 Å². The first kappa shape index (κ1) is 26.8. The standard InChI is InChI=1S/C25H40N10O3/c26-6-10-37-14-13-36-9-5-21-18(16-28-33-21)15-27-25-31-22-17-29-34-23(22)24(32-25)30-19-1-3-20(4-2-19)35-7-11-38-12-8-35/h16-17,19-20H,1-15,26H2,(H,28,33)(H,29,34)(H2,27,30,31,32). The second kappa shape index (κ2) is 13.8. The molecule has 2 aliphatic rings. The number of rotatable bonds is 14. The summed E-state index contributed by atoms with van der Waals surface area (Å²) < 4.78 is 16.5. The number of hydrogen-bond donors (Lipinski definition) is 5. The van der Waals surface area contributed by atoms with Gasteiger partial charge in [-0.15, -0.1) is 0 Å². The molecule has 0 bridgehead atoms. The van der Waals surface area contributed by atoms with Crippen molar-refractivity contribution in [3.05, 3.63) is 23.7 Å². The number of nitrogens with one attached hydrogen (secondary N) is 4. The normalized spacial score (nSPS) is 20.7. The van der Waals surface area contributed by atoms with Crippen molar-refractivity contribution in [2.24, 2.45) is 5.73 Å².